The third kappa shape index (κ3) is 9.66. The highest BCUT2D eigenvalue weighted by atomic mass is 16.7. The molecule has 7 aliphatic rings. The van der Waals surface area contributed by atoms with Crippen molar-refractivity contribution in [3.05, 3.63) is 36.0 Å². The summed E-state index contributed by atoms with van der Waals surface area (Å²) in [6, 6.07) is 0. The number of aliphatic hydroxyl groups excluding tert-OH is 3. The summed E-state index contributed by atoms with van der Waals surface area (Å²) in [4.78, 5) is 11.7. The lowest BCUT2D eigenvalue weighted by Crippen LogP contribution is -2.60. The van der Waals surface area contributed by atoms with Gasteiger partial charge >= 0.3 is 5.97 Å². The van der Waals surface area contributed by atoms with Crippen LogP contribution in [0.4, 0.5) is 0 Å². The monoisotopic (exact) mass is 850 g/mol. The lowest BCUT2D eigenvalue weighted by molar-refractivity contribution is -0.344. The first kappa shape index (κ1) is 47.7. The molecule has 0 saturated carbocycles. The highest BCUT2D eigenvalue weighted by molar-refractivity contribution is 5.76. The lowest BCUT2D eigenvalue weighted by Gasteiger charge is -2.52. The van der Waals surface area contributed by atoms with Crippen molar-refractivity contribution < 1.29 is 63.5 Å². The van der Waals surface area contributed by atoms with E-state index in [2.05, 4.69) is 32.6 Å². The highest BCUT2D eigenvalue weighted by Gasteiger charge is 2.57. The summed E-state index contributed by atoms with van der Waals surface area (Å²) in [5, 5.41) is 54.6. The van der Waals surface area contributed by atoms with E-state index in [0.29, 0.717) is 56.9 Å². The minimum absolute atomic E-state index is 0. The predicted molar refractivity (Wildman–Crippen MR) is 222 cm³/mol. The summed E-state index contributed by atoms with van der Waals surface area (Å²) in [6.45, 7) is 19.8. The number of aliphatic hydroxyl groups is 4. The maximum atomic E-state index is 11.7. The fourth-order valence-corrected chi connectivity index (χ4v) is 11.5. The molecule has 6 saturated heterocycles. The summed E-state index contributed by atoms with van der Waals surface area (Å²) >= 11 is 0. The second kappa shape index (κ2) is 17.6. The molecule has 7 rings (SSSR count). The van der Waals surface area contributed by atoms with E-state index in [9.17, 15) is 30.3 Å². The van der Waals surface area contributed by atoms with E-state index in [0.717, 1.165) is 44.7 Å². The molecule has 3 spiro atoms. The number of hydrogen-bond donors (Lipinski definition) is 6. The van der Waals surface area contributed by atoms with Gasteiger partial charge in [-0.25, -0.2) is 4.79 Å². The van der Waals surface area contributed by atoms with Crippen LogP contribution in [0.1, 0.15) is 126 Å². The van der Waals surface area contributed by atoms with Gasteiger partial charge in [0.05, 0.1) is 48.8 Å². The fraction of sp³-hybridized carbons (Fsp3) is 0.848. The Kier molecular flexibility index (Phi) is 14.0. The molecule has 342 valence electrons. The molecule has 7 aliphatic heterocycles. The largest absolute Gasteiger partial charge is 0.479 e. The van der Waals surface area contributed by atoms with Crippen molar-refractivity contribution >= 4 is 5.97 Å². The van der Waals surface area contributed by atoms with Crippen molar-refractivity contribution in [1.29, 1.82) is 0 Å². The molecule has 0 aromatic rings. The van der Waals surface area contributed by atoms with E-state index in [1.807, 2.05) is 20.8 Å². The molecule has 14 heteroatoms. The standard InChI is InChI=1S/C46H72O13.H3N/c1-27-20-35(56-46(22-27)36(48)12-15-42(7,59-46)24-43(8,52)40(50)51)28(2)10-14-41(6)17-18-45(58-41)16-11-34-39(57-45)37(49)30(4)38(55-34)33(47)21-29(3)32-23-44(26-54-31(32)5)13-9-19-53-25-44;/h10,14,22,28-29,31-39,47-49,52H,4,9,11-13,15-21,23-26H2,1-3,5-8H3,(H,50,51);1H3. The first-order valence-electron chi connectivity index (χ1n) is 22.3. The zero-order valence-electron chi connectivity index (χ0n) is 37.1. The molecule has 0 aromatic carbocycles. The van der Waals surface area contributed by atoms with Gasteiger partial charge in [-0.2, -0.15) is 0 Å². The Hall–Kier alpha value is -1.79. The molecule has 0 amide bonds. The van der Waals surface area contributed by atoms with Gasteiger partial charge in [0.15, 0.2) is 11.4 Å². The van der Waals surface area contributed by atoms with Crippen LogP contribution >= 0.6 is 0 Å². The van der Waals surface area contributed by atoms with Gasteiger partial charge in [0, 0.05) is 37.2 Å². The van der Waals surface area contributed by atoms with Crippen LogP contribution in [0.5, 0.6) is 0 Å². The zero-order chi connectivity index (χ0) is 42.8. The third-order valence-electron chi connectivity index (χ3n) is 15.0. The topological polar surface area (TPSA) is 218 Å². The van der Waals surface area contributed by atoms with E-state index in [-0.39, 0.29) is 47.9 Å². The Balaban J connectivity index is 0.00000604. The maximum Gasteiger partial charge on any atom is 0.335 e. The molecule has 7 heterocycles. The molecule has 0 aliphatic carbocycles. The van der Waals surface area contributed by atoms with Crippen molar-refractivity contribution in [3.63, 3.8) is 0 Å². The van der Waals surface area contributed by atoms with Crippen molar-refractivity contribution in [1.82, 2.24) is 6.15 Å². The van der Waals surface area contributed by atoms with E-state index >= 15 is 0 Å². The van der Waals surface area contributed by atoms with Gasteiger partial charge in [0.25, 0.3) is 0 Å². The normalized spacial score (nSPS) is 46.0. The molecule has 6 fully saturated rings. The van der Waals surface area contributed by atoms with Crippen LogP contribution in [0.3, 0.4) is 0 Å². The van der Waals surface area contributed by atoms with Crippen LogP contribution < -0.4 is 6.15 Å². The summed E-state index contributed by atoms with van der Waals surface area (Å²) in [6.07, 6.45) is 8.36. The molecule has 0 radical (unpaired) electrons. The Morgan fingerprint density at radius 3 is 2.52 bits per heavy atom. The summed E-state index contributed by atoms with van der Waals surface area (Å²) in [5.74, 6) is -3.39. The fourth-order valence-electron chi connectivity index (χ4n) is 11.5. The smallest absolute Gasteiger partial charge is 0.335 e. The quantitative estimate of drug-likeness (QED) is 0.146. The van der Waals surface area contributed by atoms with E-state index in [1.165, 1.54) is 6.92 Å². The van der Waals surface area contributed by atoms with Gasteiger partial charge in [-0.05, 0) is 116 Å². The number of carboxylic acids is 1. The second-order valence-corrected chi connectivity index (χ2v) is 20.5. The molecule has 14 nitrogen and oxygen atoms in total. The highest BCUT2D eigenvalue weighted by Crippen LogP contribution is 2.51. The van der Waals surface area contributed by atoms with Gasteiger partial charge in [-0.1, -0.05) is 38.2 Å². The zero-order valence-corrected chi connectivity index (χ0v) is 37.1. The molecule has 17 unspecified atom stereocenters. The molecule has 0 aromatic heterocycles. The third-order valence-corrected chi connectivity index (χ3v) is 15.0. The van der Waals surface area contributed by atoms with Crippen LogP contribution in [0.15, 0.2) is 36.0 Å². The molecule has 60 heavy (non-hydrogen) atoms. The molecule has 0 bridgehead atoms. The molecule has 8 N–H and O–H groups in total. The number of carbonyl (C=O) groups is 1. The predicted octanol–water partition coefficient (Wildman–Crippen LogP) is 5.67. The minimum atomic E-state index is -2.00. The second-order valence-electron chi connectivity index (χ2n) is 20.5. The van der Waals surface area contributed by atoms with Crippen molar-refractivity contribution in [2.75, 3.05) is 19.8 Å². The van der Waals surface area contributed by atoms with Crippen LogP contribution in [0.2, 0.25) is 0 Å². The number of rotatable bonds is 10. The van der Waals surface area contributed by atoms with Crippen LogP contribution in [-0.2, 0) is 38.0 Å². The van der Waals surface area contributed by atoms with E-state index < -0.39 is 71.0 Å². The Bertz CT molecular complexity index is 1610. The summed E-state index contributed by atoms with van der Waals surface area (Å²) in [7, 11) is 0. The number of aliphatic carboxylic acids is 1. The molecular formula is C46H75NO13. The van der Waals surface area contributed by atoms with Gasteiger partial charge < -0.3 is 64.8 Å². The summed E-state index contributed by atoms with van der Waals surface area (Å²) in [5.41, 5.74) is -2.25. The van der Waals surface area contributed by atoms with Gasteiger partial charge in [0.2, 0.25) is 5.79 Å². The van der Waals surface area contributed by atoms with Gasteiger partial charge in [-0.3, -0.25) is 0 Å². The van der Waals surface area contributed by atoms with E-state index in [1.54, 1.807) is 13.0 Å². The van der Waals surface area contributed by atoms with Crippen molar-refractivity contribution in [2.45, 2.75) is 203 Å². The lowest BCUT2D eigenvalue weighted by atomic mass is 9.68. The van der Waals surface area contributed by atoms with Crippen molar-refractivity contribution in [2.24, 2.45) is 23.2 Å². The Labute approximate surface area is 356 Å². The van der Waals surface area contributed by atoms with Crippen LogP contribution in [0, 0.1) is 23.2 Å². The molecular weight excluding hydrogens is 775 g/mol. The first-order chi connectivity index (χ1) is 27.6. The number of ether oxygens (including phenoxy) is 7. The Morgan fingerprint density at radius 2 is 1.82 bits per heavy atom. The van der Waals surface area contributed by atoms with Gasteiger partial charge in [-0.15, -0.1) is 0 Å². The van der Waals surface area contributed by atoms with Crippen LogP contribution in [0.25, 0.3) is 0 Å². The van der Waals surface area contributed by atoms with Crippen molar-refractivity contribution in [3.8, 4) is 0 Å². The minimum Gasteiger partial charge on any atom is -0.479 e. The van der Waals surface area contributed by atoms with Gasteiger partial charge in [0.1, 0.15) is 24.4 Å². The number of hydrogen-bond acceptors (Lipinski definition) is 13. The number of carboxylic acid groups (broad SMARTS) is 1. The van der Waals surface area contributed by atoms with Crippen LogP contribution in [-0.4, -0.2) is 129 Å². The average molecular weight is 850 g/mol. The average Bonchev–Trinajstić information content (AvgIpc) is 3.50. The van der Waals surface area contributed by atoms with E-state index in [4.69, 9.17) is 33.2 Å². The SMILES string of the molecule is C=C1C(O)C2OC3(CCC2OC1C(O)CC(C)C1CC2(CCCOC2)COC1C)CCC(C)(C=CC(C)C1CC(C)=CC2(O1)OC(C)(CC(C)(O)C(=O)O)CCC2O)O3.N. The Morgan fingerprint density at radius 1 is 1.07 bits per heavy atom. The maximum absolute atomic E-state index is 11.7. The summed E-state index contributed by atoms with van der Waals surface area (Å²) < 4.78 is 45.2. The first-order valence-corrected chi connectivity index (χ1v) is 22.3. The number of fused-ring (bicyclic) bond motifs is 1. The molecule has 17 atom stereocenters.